The molecule has 0 saturated carbocycles. The summed E-state index contributed by atoms with van der Waals surface area (Å²) in [6.07, 6.45) is 5.05. The van der Waals surface area contributed by atoms with Crippen LogP contribution in [0.2, 0.25) is 0 Å². The van der Waals surface area contributed by atoms with Crippen LogP contribution in [0.5, 0.6) is 0 Å². The molecule has 16 heavy (non-hydrogen) atoms. The normalized spacial score (nSPS) is 12.1. The van der Waals surface area contributed by atoms with Gasteiger partial charge in [-0.15, -0.1) is 0 Å². The van der Waals surface area contributed by atoms with Gasteiger partial charge in [0.1, 0.15) is 0 Å². The maximum absolute atomic E-state index is 4.99. The van der Waals surface area contributed by atoms with Crippen LogP contribution in [0.25, 0.3) is 6.08 Å². The minimum absolute atomic E-state index is 0.753. The molecule has 1 aromatic heterocycles. The van der Waals surface area contributed by atoms with Crippen molar-refractivity contribution < 1.29 is 4.74 Å². The number of rotatable bonds is 7. The molecule has 0 saturated heterocycles. The van der Waals surface area contributed by atoms with Gasteiger partial charge in [0.05, 0.1) is 12.3 Å². The second-order valence-electron chi connectivity index (χ2n) is 3.71. The van der Waals surface area contributed by atoms with Crippen molar-refractivity contribution in [2.24, 2.45) is 7.05 Å². The van der Waals surface area contributed by atoms with Crippen LogP contribution in [0, 0.1) is 0 Å². The Morgan fingerprint density at radius 1 is 1.62 bits per heavy atom. The van der Waals surface area contributed by atoms with Gasteiger partial charge in [0.25, 0.3) is 0 Å². The lowest BCUT2D eigenvalue weighted by atomic mass is 10.1. The molecule has 0 radical (unpaired) electrons. The predicted molar refractivity (Wildman–Crippen MR) is 66.2 cm³/mol. The van der Waals surface area contributed by atoms with Crippen molar-refractivity contribution in [3.8, 4) is 0 Å². The average molecular weight is 223 g/mol. The Labute approximate surface area is 97.3 Å². The lowest BCUT2D eigenvalue weighted by molar-refractivity contribution is 0.200. The summed E-state index contributed by atoms with van der Waals surface area (Å²) in [6, 6.07) is 2.02. The van der Waals surface area contributed by atoms with Gasteiger partial charge in [0.15, 0.2) is 0 Å². The van der Waals surface area contributed by atoms with E-state index in [-0.39, 0.29) is 0 Å². The van der Waals surface area contributed by atoms with Gasteiger partial charge >= 0.3 is 0 Å². The third-order valence-corrected chi connectivity index (χ3v) is 2.50. The number of aryl methyl sites for hydroxylation is 1. The van der Waals surface area contributed by atoms with E-state index in [2.05, 4.69) is 23.4 Å². The first kappa shape index (κ1) is 12.9. The smallest absolute Gasteiger partial charge is 0.0606 e. The molecule has 0 aliphatic rings. The molecular formula is C12H21N3O. The summed E-state index contributed by atoms with van der Waals surface area (Å²) in [5.74, 6) is 0. The molecule has 1 aromatic rings. The fourth-order valence-electron chi connectivity index (χ4n) is 1.44. The highest BCUT2D eigenvalue weighted by Gasteiger charge is 1.98. The molecule has 0 fully saturated rings. The topological polar surface area (TPSA) is 39.1 Å². The zero-order valence-electron chi connectivity index (χ0n) is 10.4. The molecule has 0 aliphatic heterocycles. The van der Waals surface area contributed by atoms with Crippen molar-refractivity contribution in [1.82, 2.24) is 15.1 Å². The second kappa shape index (κ2) is 7.19. The minimum Gasteiger partial charge on any atom is -0.383 e. The Hall–Kier alpha value is -1.13. The van der Waals surface area contributed by atoms with E-state index in [1.54, 1.807) is 7.11 Å². The van der Waals surface area contributed by atoms with Crippen molar-refractivity contribution in [3.05, 3.63) is 23.5 Å². The van der Waals surface area contributed by atoms with Gasteiger partial charge in [0.2, 0.25) is 0 Å². The van der Waals surface area contributed by atoms with Crippen LogP contribution in [0.1, 0.15) is 19.0 Å². The SMILES string of the molecule is CCC(=Cc1ccnn1C)CNCCOC. The minimum atomic E-state index is 0.753. The molecule has 1 rings (SSSR count). The first-order valence-electron chi connectivity index (χ1n) is 5.65. The van der Waals surface area contributed by atoms with Crippen molar-refractivity contribution in [2.45, 2.75) is 13.3 Å². The number of aromatic nitrogens is 2. The highest BCUT2D eigenvalue weighted by atomic mass is 16.5. The van der Waals surface area contributed by atoms with Crippen LogP contribution in [-0.2, 0) is 11.8 Å². The Balaban J connectivity index is 2.47. The first-order valence-corrected chi connectivity index (χ1v) is 5.65. The van der Waals surface area contributed by atoms with E-state index in [9.17, 15) is 0 Å². The summed E-state index contributed by atoms with van der Waals surface area (Å²) in [5, 5.41) is 7.49. The summed E-state index contributed by atoms with van der Waals surface area (Å²) in [5.41, 5.74) is 2.52. The maximum atomic E-state index is 4.99. The molecule has 1 N–H and O–H groups in total. The van der Waals surface area contributed by atoms with Crippen LogP contribution < -0.4 is 5.32 Å². The number of hydrogen-bond acceptors (Lipinski definition) is 3. The number of nitrogens with zero attached hydrogens (tertiary/aromatic N) is 2. The zero-order chi connectivity index (χ0) is 11.8. The lowest BCUT2D eigenvalue weighted by Crippen LogP contribution is -2.21. The van der Waals surface area contributed by atoms with Crippen molar-refractivity contribution in [2.75, 3.05) is 26.8 Å². The van der Waals surface area contributed by atoms with E-state index in [0.717, 1.165) is 31.8 Å². The fraction of sp³-hybridized carbons (Fsp3) is 0.583. The van der Waals surface area contributed by atoms with Crippen molar-refractivity contribution >= 4 is 6.08 Å². The van der Waals surface area contributed by atoms with E-state index >= 15 is 0 Å². The number of hydrogen-bond donors (Lipinski definition) is 1. The van der Waals surface area contributed by atoms with Crippen LogP contribution in [-0.4, -0.2) is 36.6 Å². The summed E-state index contributed by atoms with van der Waals surface area (Å²) in [7, 11) is 3.67. The summed E-state index contributed by atoms with van der Waals surface area (Å²) >= 11 is 0. The number of ether oxygens (including phenoxy) is 1. The molecule has 0 unspecified atom stereocenters. The van der Waals surface area contributed by atoms with Gasteiger partial charge in [-0.05, 0) is 18.6 Å². The Morgan fingerprint density at radius 2 is 2.44 bits per heavy atom. The van der Waals surface area contributed by atoms with E-state index in [1.807, 2.05) is 24.0 Å². The zero-order valence-corrected chi connectivity index (χ0v) is 10.4. The van der Waals surface area contributed by atoms with E-state index in [0.29, 0.717) is 0 Å². The van der Waals surface area contributed by atoms with Crippen molar-refractivity contribution in [1.29, 1.82) is 0 Å². The van der Waals surface area contributed by atoms with Gasteiger partial charge in [-0.2, -0.15) is 5.10 Å². The first-order chi connectivity index (χ1) is 7.77. The van der Waals surface area contributed by atoms with Crippen LogP contribution >= 0.6 is 0 Å². The standard InChI is InChI=1S/C12H21N3O/c1-4-11(10-13-7-8-16-3)9-12-5-6-14-15(12)2/h5-6,9,13H,4,7-8,10H2,1-3H3. The molecule has 0 atom stereocenters. The number of nitrogens with one attached hydrogen (secondary N) is 1. The summed E-state index contributed by atoms with van der Waals surface area (Å²) < 4.78 is 6.87. The van der Waals surface area contributed by atoms with Gasteiger partial charge in [-0.3, -0.25) is 4.68 Å². The van der Waals surface area contributed by atoms with Gasteiger partial charge < -0.3 is 10.1 Å². The average Bonchev–Trinajstić information content (AvgIpc) is 2.68. The van der Waals surface area contributed by atoms with E-state index < -0.39 is 0 Å². The Kier molecular flexibility index (Phi) is 5.82. The third kappa shape index (κ3) is 4.16. The van der Waals surface area contributed by atoms with Crippen LogP contribution in [0.3, 0.4) is 0 Å². The quantitative estimate of drug-likeness (QED) is 0.711. The van der Waals surface area contributed by atoms with Gasteiger partial charge in [-0.25, -0.2) is 0 Å². The second-order valence-corrected chi connectivity index (χ2v) is 3.71. The molecule has 0 bridgehead atoms. The molecule has 90 valence electrons. The molecule has 0 spiro atoms. The molecule has 0 aliphatic carbocycles. The van der Waals surface area contributed by atoms with Crippen molar-refractivity contribution in [3.63, 3.8) is 0 Å². The summed E-state index contributed by atoms with van der Waals surface area (Å²) in [4.78, 5) is 0. The molecule has 0 aromatic carbocycles. The van der Waals surface area contributed by atoms with E-state index in [1.165, 1.54) is 5.57 Å². The number of methoxy groups -OCH3 is 1. The molecule has 0 amide bonds. The maximum Gasteiger partial charge on any atom is 0.0606 e. The van der Waals surface area contributed by atoms with Gasteiger partial charge in [0, 0.05) is 33.4 Å². The lowest BCUT2D eigenvalue weighted by Gasteiger charge is -2.07. The van der Waals surface area contributed by atoms with Crippen LogP contribution in [0.4, 0.5) is 0 Å². The van der Waals surface area contributed by atoms with Crippen LogP contribution in [0.15, 0.2) is 17.8 Å². The Bertz CT molecular complexity index is 331. The molecule has 4 heteroatoms. The fourth-order valence-corrected chi connectivity index (χ4v) is 1.44. The third-order valence-electron chi connectivity index (χ3n) is 2.50. The predicted octanol–water partition coefficient (Wildman–Crippen LogP) is 1.45. The monoisotopic (exact) mass is 223 g/mol. The summed E-state index contributed by atoms with van der Waals surface area (Å²) in [6.45, 7) is 4.72. The molecule has 4 nitrogen and oxygen atoms in total. The highest BCUT2D eigenvalue weighted by molar-refractivity contribution is 5.49. The molecule has 1 heterocycles. The molecular weight excluding hydrogens is 202 g/mol. The highest BCUT2D eigenvalue weighted by Crippen LogP contribution is 2.07. The largest absolute Gasteiger partial charge is 0.383 e. The van der Waals surface area contributed by atoms with E-state index in [4.69, 9.17) is 4.74 Å². The van der Waals surface area contributed by atoms with Gasteiger partial charge in [-0.1, -0.05) is 12.5 Å². The Morgan fingerprint density at radius 3 is 3.00 bits per heavy atom.